The smallest absolute Gasteiger partial charge is 0.0606 e. The van der Waals surface area contributed by atoms with E-state index in [0.29, 0.717) is 13.1 Å². The van der Waals surface area contributed by atoms with Crippen LogP contribution in [0.5, 0.6) is 0 Å². The van der Waals surface area contributed by atoms with Crippen molar-refractivity contribution in [2.45, 2.75) is 0 Å². The molecule has 5 nitrogen and oxygen atoms in total. The van der Waals surface area contributed by atoms with Crippen molar-refractivity contribution >= 4 is 33.2 Å². The first-order valence-electron chi connectivity index (χ1n) is 7.00. The molecule has 1 aromatic heterocycles. The molecule has 0 spiro atoms. The van der Waals surface area contributed by atoms with Crippen molar-refractivity contribution in [1.82, 2.24) is 4.98 Å². The van der Waals surface area contributed by atoms with Crippen LogP contribution >= 0.6 is 0 Å². The lowest BCUT2D eigenvalue weighted by molar-refractivity contribution is 0.281. The van der Waals surface area contributed by atoms with Gasteiger partial charge in [-0.25, -0.2) is 0 Å². The topological polar surface area (TPSA) is 85.5 Å². The zero-order valence-corrected chi connectivity index (χ0v) is 11.7. The van der Waals surface area contributed by atoms with Crippen LogP contribution in [-0.2, 0) is 0 Å². The quantitative estimate of drug-likeness (QED) is 0.537. The molecule has 3 aromatic rings. The van der Waals surface area contributed by atoms with Gasteiger partial charge in [-0.1, -0.05) is 12.1 Å². The van der Waals surface area contributed by atoms with Crippen LogP contribution in [0, 0.1) is 0 Å². The van der Waals surface area contributed by atoms with Crippen LogP contribution < -0.4 is 10.6 Å². The molecule has 0 unspecified atom stereocenters. The molecule has 0 fully saturated rings. The Balaban J connectivity index is 2.08. The number of nitrogens with one attached hydrogen (secondary N) is 1. The zero-order valence-electron chi connectivity index (χ0n) is 11.7. The van der Waals surface area contributed by atoms with Crippen LogP contribution in [0.3, 0.4) is 0 Å². The molecule has 110 valence electrons. The molecular formula is C16H19N3O2. The van der Waals surface area contributed by atoms with Crippen LogP contribution in [0.4, 0.5) is 11.4 Å². The average Bonchev–Trinajstić information content (AvgIpc) is 2.83. The van der Waals surface area contributed by atoms with Crippen molar-refractivity contribution in [2.75, 3.05) is 36.9 Å². The number of anilines is 2. The van der Waals surface area contributed by atoms with Crippen LogP contribution in [0.1, 0.15) is 0 Å². The van der Waals surface area contributed by atoms with E-state index < -0.39 is 0 Å². The number of hydrogen-bond acceptors (Lipinski definition) is 4. The molecule has 1 heterocycles. The molecule has 0 atom stereocenters. The minimum atomic E-state index is 0.0568. The summed E-state index contributed by atoms with van der Waals surface area (Å²) in [6.07, 6.45) is 0. The van der Waals surface area contributed by atoms with Gasteiger partial charge < -0.3 is 25.8 Å². The molecule has 5 N–H and O–H groups in total. The third-order valence-corrected chi connectivity index (χ3v) is 3.71. The summed E-state index contributed by atoms with van der Waals surface area (Å²) in [6, 6.07) is 11.9. The fourth-order valence-electron chi connectivity index (χ4n) is 2.72. The van der Waals surface area contributed by atoms with E-state index in [1.807, 2.05) is 35.2 Å². The summed E-state index contributed by atoms with van der Waals surface area (Å²) in [6.45, 7) is 1.11. The zero-order chi connectivity index (χ0) is 14.8. The minimum Gasteiger partial charge on any atom is -0.399 e. The molecule has 0 radical (unpaired) electrons. The number of aliphatic hydroxyl groups is 2. The predicted molar refractivity (Wildman–Crippen MR) is 86.6 cm³/mol. The molecular weight excluding hydrogens is 266 g/mol. The highest BCUT2D eigenvalue weighted by molar-refractivity contribution is 6.08. The number of nitrogen functional groups attached to an aromatic ring is 1. The lowest BCUT2D eigenvalue weighted by Gasteiger charge is -2.22. The van der Waals surface area contributed by atoms with E-state index in [4.69, 9.17) is 15.9 Å². The number of fused-ring (bicyclic) bond motifs is 3. The van der Waals surface area contributed by atoms with Crippen molar-refractivity contribution in [1.29, 1.82) is 0 Å². The number of benzene rings is 2. The Kier molecular flexibility index (Phi) is 3.68. The van der Waals surface area contributed by atoms with Crippen molar-refractivity contribution in [3.8, 4) is 0 Å². The number of H-pyrrole nitrogens is 1. The molecule has 0 saturated heterocycles. The SMILES string of the molecule is Nc1ccc2c(c1)[nH]c1cc(N(CCO)CCO)ccc12. The largest absolute Gasteiger partial charge is 0.399 e. The Bertz CT molecular complexity index is 761. The maximum atomic E-state index is 9.14. The number of aromatic nitrogens is 1. The van der Waals surface area contributed by atoms with E-state index in [9.17, 15) is 0 Å². The lowest BCUT2D eigenvalue weighted by atomic mass is 10.1. The van der Waals surface area contributed by atoms with Crippen LogP contribution in [0.2, 0.25) is 0 Å². The summed E-state index contributed by atoms with van der Waals surface area (Å²) in [7, 11) is 0. The van der Waals surface area contributed by atoms with Crippen LogP contribution in [-0.4, -0.2) is 41.5 Å². The Labute approximate surface area is 122 Å². The third-order valence-electron chi connectivity index (χ3n) is 3.71. The Morgan fingerprint density at radius 1 is 0.905 bits per heavy atom. The first-order valence-corrected chi connectivity index (χ1v) is 7.00. The van der Waals surface area contributed by atoms with Gasteiger partial charge in [-0.05, 0) is 24.3 Å². The van der Waals surface area contributed by atoms with Crippen molar-refractivity contribution in [2.24, 2.45) is 0 Å². The van der Waals surface area contributed by atoms with Crippen molar-refractivity contribution < 1.29 is 10.2 Å². The number of hydrogen-bond donors (Lipinski definition) is 4. The maximum Gasteiger partial charge on any atom is 0.0606 e. The van der Waals surface area contributed by atoms with E-state index in [1.165, 1.54) is 0 Å². The van der Waals surface area contributed by atoms with Gasteiger partial charge in [0.1, 0.15) is 0 Å². The molecule has 0 saturated carbocycles. The first-order chi connectivity index (χ1) is 10.2. The molecule has 0 amide bonds. The standard InChI is InChI=1S/C16H19N3O2/c17-11-1-3-13-14-4-2-12(19(5-7-20)6-8-21)10-16(14)18-15(13)9-11/h1-4,9-10,18,20-21H,5-8,17H2. The van der Waals surface area contributed by atoms with Gasteiger partial charge in [-0.2, -0.15) is 0 Å². The Morgan fingerprint density at radius 3 is 2.19 bits per heavy atom. The molecule has 5 heteroatoms. The number of nitrogens with zero attached hydrogens (tertiary/aromatic N) is 1. The second-order valence-corrected chi connectivity index (χ2v) is 5.09. The minimum absolute atomic E-state index is 0.0568. The van der Waals surface area contributed by atoms with Gasteiger partial charge in [0.25, 0.3) is 0 Å². The molecule has 0 aliphatic rings. The summed E-state index contributed by atoms with van der Waals surface area (Å²) in [5, 5.41) is 20.6. The van der Waals surface area contributed by atoms with Gasteiger partial charge >= 0.3 is 0 Å². The highest BCUT2D eigenvalue weighted by Gasteiger charge is 2.09. The number of aliphatic hydroxyl groups excluding tert-OH is 2. The van der Waals surface area contributed by atoms with Gasteiger partial charge in [0.15, 0.2) is 0 Å². The van der Waals surface area contributed by atoms with E-state index in [2.05, 4.69) is 11.1 Å². The molecule has 2 aromatic carbocycles. The summed E-state index contributed by atoms with van der Waals surface area (Å²) < 4.78 is 0. The van der Waals surface area contributed by atoms with Gasteiger partial charge in [-0.3, -0.25) is 0 Å². The second kappa shape index (κ2) is 5.63. The fraction of sp³-hybridized carbons (Fsp3) is 0.250. The molecule has 0 aliphatic heterocycles. The molecule has 0 aliphatic carbocycles. The predicted octanol–water partition coefficient (Wildman–Crippen LogP) is 1.69. The Hall–Kier alpha value is -2.24. The Morgan fingerprint density at radius 2 is 1.52 bits per heavy atom. The van der Waals surface area contributed by atoms with E-state index in [1.54, 1.807) is 0 Å². The van der Waals surface area contributed by atoms with Crippen molar-refractivity contribution in [3.05, 3.63) is 36.4 Å². The highest BCUT2D eigenvalue weighted by Crippen LogP contribution is 2.29. The second-order valence-electron chi connectivity index (χ2n) is 5.09. The summed E-state index contributed by atoms with van der Waals surface area (Å²) in [5.41, 5.74) is 9.56. The van der Waals surface area contributed by atoms with Crippen LogP contribution in [0.25, 0.3) is 21.8 Å². The fourth-order valence-corrected chi connectivity index (χ4v) is 2.72. The molecule has 0 bridgehead atoms. The van der Waals surface area contributed by atoms with Crippen LogP contribution in [0.15, 0.2) is 36.4 Å². The normalized spacial score (nSPS) is 11.3. The summed E-state index contributed by atoms with van der Waals surface area (Å²) in [5.74, 6) is 0. The monoisotopic (exact) mass is 285 g/mol. The highest BCUT2D eigenvalue weighted by atomic mass is 16.3. The van der Waals surface area contributed by atoms with E-state index >= 15 is 0 Å². The number of rotatable bonds is 5. The molecule has 3 rings (SSSR count). The number of nitrogens with two attached hydrogens (primary N) is 1. The lowest BCUT2D eigenvalue weighted by Crippen LogP contribution is -2.29. The van der Waals surface area contributed by atoms with Crippen molar-refractivity contribution in [3.63, 3.8) is 0 Å². The number of aromatic amines is 1. The molecule has 21 heavy (non-hydrogen) atoms. The maximum absolute atomic E-state index is 9.14. The average molecular weight is 285 g/mol. The van der Waals surface area contributed by atoms with E-state index in [0.717, 1.165) is 33.2 Å². The van der Waals surface area contributed by atoms with Gasteiger partial charge in [-0.15, -0.1) is 0 Å². The van der Waals surface area contributed by atoms with E-state index in [-0.39, 0.29) is 13.2 Å². The third kappa shape index (κ3) is 2.53. The summed E-state index contributed by atoms with van der Waals surface area (Å²) >= 11 is 0. The first kappa shape index (κ1) is 13.7. The van der Waals surface area contributed by atoms with Gasteiger partial charge in [0.05, 0.1) is 13.2 Å². The summed E-state index contributed by atoms with van der Waals surface area (Å²) in [4.78, 5) is 5.32. The van der Waals surface area contributed by atoms with Gasteiger partial charge in [0.2, 0.25) is 0 Å². The van der Waals surface area contributed by atoms with Gasteiger partial charge in [0, 0.05) is 46.3 Å².